The molecule has 1 fully saturated rings. The quantitative estimate of drug-likeness (QED) is 0.620. The zero-order valence-electron chi connectivity index (χ0n) is 16.6. The smallest absolute Gasteiger partial charge is 0.407 e. The van der Waals surface area contributed by atoms with Crippen molar-refractivity contribution in [1.29, 1.82) is 0 Å². The first kappa shape index (κ1) is 21.3. The molecule has 24 heavy (non-hydrogen) atoms. The zero-order valence-corrected chi connectivity index (χ0v) is 16.6. The molecule has 4 nitrogen and oxygen atoms in total. The van der Waals surface area contributed by atoms with Gasteiger partial charge in [-0.2, -0.15) is 0 Å². The molecule has 0 spiro atoms. The lowest BCUT2D eigenvalue weighted by atomic mass is 9.83. The Morgan fingerprint density at radius 1 is 1.12 bits per heavy atom. The topological polar surface area (TPSA) is 50.4 Å². The Balaban J connectivity index is 2.49. The number of amides is 1. The summed E-state index contributed by atoms with van der Waals surface area (Å²) < 4.78 is 5.37. The summed E-state index contributed by atoms with van der Waals surface area (Å²) >= 11 is 0. The summed E-state index contributed by atoms with van der Waals surface area (Å²) in [5.74, 6) is 0.521. The average molecular weight is 341 g/mol. The summed E-state index contributed by atoms with van der Waals surface area (Å²) in [6.07, 6.45) is 11.0. The van der Waals surface area contributed by atoms with Gasteiger partial charge in [-0.15, -0.1) is 0 Å². The average Bonchev–Trinajstić information content (AvgIpc) is 2.50. The number of hydrogen-bond donors (Lipinski definition) is 2. The maximum atomic E-state index is 11.9. The molecule has 2 N–H and O–H groups in total. The minimum absolute atomic E-state index is 0.289. The Morgan fingerprint density at radius 2 is 1.83 bits per heavy atom. The van der Waals surface area contributed by atoms with Crippen LogP contribution in [0.3, 0.4) is 0 Å². The van der Waals surface area contributed by atoms with Crippen LogP contribution < -0.4 is 10.6 Å². The van der Waals surface area contributed by atoms with Gasteiger partial charge in [-0.1, -0.05) is 46.0 Å². The van der Waals surface area contributed by atoms with E-state index in [0.717, 1.165) is 6.54 Å². The number of nitrogens with one attached hydrogen (secondary N) is 2. The van der Waals surface area contributed by atoms with Crippen LogP contribution >= 0.6 is 0 Å². The summed E-state index contributed by atoms with van der Waals surface area (Å²) in [4.78, 5) is 11.9. The standard InChI is InChI=1S/C20H40N2O2/c1-6-8-13-17(11-7-2)22-18-14-10-9-12-16(18)15-21-19(23)24-20(3,4)5/h16-18,22H,6-15H2,1-5H3,(H,21,23). The van der Waals surface area contributed by atoms with Crippen molar-refractivity contribution in [2.24, 2.45) is 5.92 Å². The van der Waals surface area contributed by atoms with E-state index in [1.807, 2.05) is 20.8 Å². The van der Waals surface area contributed by atoms with Gasteiger partial charge in [0.1, 0.15) is 5.60 Å². The number of unbranched alkanes of at least 4 members (excludes halogenated alkanes) is 1. The van der Waals surface area contributed by atoms with Crippen LogP contribution in [0.15, 0.2) is 0 Å². The molecule has 1 amide bonds. The van der Waals surface area contributed by atoms with Gasteiger partial charge >= 0.3 is 6.09 Å². The molecule has 1 rings (SSSR count). The first-order valence-corrected chi connectivity index (χ1v) is 10.1. The van der Waals surface area contributed by atoms with E-state index < -0.39 is 5.60 Å². The summed E-state index contributed by atoms with van der Waals surface area (Å²) in [6, 6.07) is 1.16. The molecule has 3 atom stereocenters. The second kappa shape index (κ2) is 11.0. The molecule has 1 saturated carbocycles. The number of carbonyl (C=O) groups is 1. The van der Waals surface area contributed by atoms with E-state index >= 15 is 0 Å². The number of hydrogen-bond acceptors (Lipinski definition) is 3. The lowest BCUT2D eigenvalue weighted by Gasteiger charge is -2.35. The van der Waals surface area contributed by atoms with E-state index in [2.05, 4.69) is 24.5 Å². The summed E-state index contributed by atoms with van der Waals surface area (Å²) in [6.45, 7) is 11.0. The molecule has 0 aromatic carbocycles. The number of alkyl carbamates (subject to hydrolysis) is 1. The van der Waals surface area contributed by atoms with Crippen molar-refractivity contribution in [3.05, 3.63) is 0 Å². The van der Waals surface area contributed by atoms with Crippen LogP contribution in [0.4, 0.5) is 4.79 Å². The third kappa shape index (κ3) is 8.91. The van der Waals surface area contributed by atoms with Gasteiger partial charge < -0.3 is 15.4 Å². The second-order valence-electron chi connectivity index (χ2n) is 8.33. The van der Waals surface area contributed by atoms with E-state index in [1.165, 1.54) is 57.8 Å². The fraction of sp³-hybridized carbons (Fsp3) is 0.950. The molecule has 1 aliphatic carbocycles. The normalized spacial score (nSPS) is 22.9. The Labute approximate surface area is 149 Å². The highest BCUT2D eigenvalue weighted by Gasteiger charge is 2.27. The molecule has 0 radical (unpaired) electrons. The number of rotatable bonds is 9. The first-order valence-electron chi connectivity index (χ1n) is 10.1. The van der Waals surface area contributed by atoms with Crippen molar-refractivity contribution in [2.45, 2.75) is 110 Å². The molecule has 0 aliphatic heterocycles. The maximum Gasteiger partial charge on any atom is 0.407 e. The molecule has 142 valence electrons. The van der Waals surface area contributed by atoms with Crippen LogP contribution in [0.25, 0.3) is 0 Å². The largest absolute Gasteiger partial charge is 0.444 e. The predicted octanol–water partition coefficient (Wildman–Crippen LogP) is 5.02. The highest BCUT2D eigenvalue weighted by atomic mass is 16.6. The highest BCUT2D eigenvalue weighted by Crippen LogP contribution is 2.25. The van der Waals surface area contributed by atoms with Gasteiger partial charge in [0.15, 0.2) is 0 Å². The second-order valence-corrected chi connectivity index (χ2v) is 8.33. The Hall–Kier alpha value is -0.770. The third-order valence-electron chi connectivity index (χ3n) is 4.81. The van der Waals surface area contributed by atoms with Crippen molar-refractivity contribution in [1.82, 2.24) is 10.6 Å². The van der Waals surface area contributed by atoms with Gasteiger partial charge in [0.05, 0.1) is 0 Å². The fourth-order valence-corrected chi connectivity index (χ4v) is 3.61. The van der Waals surface area contributed by atoms with E-state index in [-0.39, 0.29) is 6.09 Å². The minimum Gasteiger partial charge on any atom is -0.444 e. The maximum absolute atomic E-state index is 11.9. The molecular formula is C20H40N2O2. The fourth-order valence-electron chi connectivity index (χ4n) is 3.61. The SMILES string of the molecule is CCCCC(CCC)NC1CCCCC1CNC(=O)OC(C)(C)C. The van der Waals surface area contributed by atoms with Gasteiger partial charge in [0.25, 0.3) is 0 Å². The van der Waals surface area contributed by atoms with E-state index in [0.29, 0.717) is 18.0 Å². The molecular weight excluding hydrogens is 300 g/mol. The minimum atomic E-state index is -0.430. The van der Waals surface area contributed by atoms with Crippen LogP contribution in [0.1, 0.15) is 92.4 Å². The summed E-state index contributed by atoms with van der Waals surface area (Å²) in [7, 11) is 0. The van der Waals surface area contributed by atoms with Crippen molar-refractivity contribution in [3.63, 3.8) is 0 Å². The summed E-state index contributed by atoms with van der Waals surface area (Å²) in [5, 5.41) is 6.91. The van der Waals surface area contributed by atoms with E-state index in [4.69, 9.17) is 4.74 Å². The van der Waals surface area contributed by atoms with Gasteiger partial charge in [-0.25, -0.2) is 4.79 Å². The van der Waals surface area contributed by atoms with Gasteiger partial charge in [0, 0.05) is 18.6 Å². The van der Waals surface area contributed by atoms with E-state index in [1.54, 1.807) is 0 Å². The van der Waals surface area contributed by atoms with Crippen LogP contribution in [-0.4, -0.2) is 30.3 Å². The van der Waals surface area contributed by atoms with Crippen LogP contribution in [0.2, 0.25) is 0 Å². The lowest BCUT2D eigenvalue weighted by molar-refractivity contribution is 0.0509. The van der Waals surface area contributed by atoms with Crippen molar-refractivity contribution in [3.8, 4) is 0 Å². The number of ether oxygens (including phenoxy) is 1. The molecule has 1 aliphatic rings. The molecule has 4 heteroatoms. The van der Waals surface area contributed by atoms with Crippen LogP contribution in [0, 0.1) is 5.92 Å². The van der Waals surface area contributed by atoms with Gasteiger partial charge in [-0.3, -0.25) is 0 Å². The van der Waals surface area contributed by atoms with Crippen molar-refractivity contribution < 1.29 is 9.53 Å². The monoisotopic (exact) mass is 340 g/mol. The van der Waals surface area contributed by atoms with Gasteiger partial charge in [0.2, 0.25) is 0 Å². The van der Waals surface area contributed by atoms with Crippen LogP contribution in [-0.2, 0) is 4.74 Å². The molecule has 0 heterocycles. The molecule has 0 saturated heterocycles. The Bertz CT molecular complexity index is 352. The third-order valence-corrected chi connectivity index (χ3v) is 4.81. The molecule has 3 unspecified atom stereocenters. The van der Waals surface area contributed by atoms with E-state index in [9.17, 15) is 4.79 Å². The van der Waals surface area contributed by atoms with Gasteiger partial charge in [-0.05, 0) is 52.4 Å². The first-order chi connectivity index (χ1) is 11.4. The van der Waals surface area contributed by atoms with Crippen LogP contribution in [0.5, 0.6) is 0 Å². The lowest BCUT2D eigenvalue weighted by Crippen LogP contribution is -2.48. The molecule has 0 aromatic rings. The number of carbonyl (C=O) groups excluding carboxylic acids is 1. The van der Waals surface area contributed by atoms with Crippen molar-refractivity contribution >= 4 is 6.09 Å². The zero-order chi connectivity index (χ0) is 18.0. The highest BCUT2D eigenvalue weighted by molar-refractivity contribution is 5.67. The predicted molar refractivity (Wildman–Crippen MR) is 101 cm³/mol. The Morgan fingerprint density at radius 3 is 2.46 bits per heavy atom. The summed E-state index contributed by atoms with van der Waals surface area (Å²) in [5.41, 5.74) is -0.430. The molecule has 0 aromatic heterocycles. The Kier molecular flexibility index (Phi) is 9.72. The molecule has 0 bridgehead atoms. The van der Waals surface area contributed by atoms with Crippen molar-refractivity contribution in [2.75, 3.05) is 6.54 Å².